The lowest BCUT2D eigenvalue weighted by atomic mass is 10.0. The molecule has 0 saturated heterocycles. The van der Waals surface area contributed by atoms with Crippen LogP contribution in [-0.4, -0.2) is 52.1 Å². The van der Waals surface area contributed by atoms with Gasteiger partial charge in [0.15, 0.2) is 0 Å². The van der Waals surface area contributed by atoms with E-state index in [1.807, 2.05) is 0 Å². The van der Waals surface area contributed by atoms with Gasteiger partial charge in [0.1, 0.15) is 12.1 Å². The summed E-state index contributed by atoms with van der Waals surface area (Å²) < 4.78 is 0. The van der Waals surface area contributed by atoms with Crippen molar-refractivity contribution in [1.82, 2.24) is 10.6 Å². The largest absolute Gasteiger partial charge is 0.481 e. The summed E-state index contributed by atoms with van der Waals surface area (Å²) in [4.78, 5) is 45.0. The molecule has 0 aliphatic carbocycles. The van der Waals surface area contributed by atoms with Gasteiger partial charge in [-0.25, -0.2) is 4.79 Å². The van der Waals surface area contributed by atoms with Gasteiger partial charge in [-0.15, -0.1) is 0 Å². The van der Waals surface area contributed by atoms with Gasteiger partial charge in [-0.05, 0) is 12.8 Å². The lowest BCUT2D eigenvalue weighted by Crippen LogP contribution is -2.56. The second-order valence-electron chi connectivity index (χ2n) is 5.02. The molecule has 0 aliphatic heterocycles. The van der Waals surface area contributed by atoms with E-state index in [9.17, 15) is 19.2 Å². The minimum Gasteiger partial charge on any atom is -0.481 e. The molecule has 2 amide bonds. The molecule has 9 nitrogen and oxygen atoms in total. The van der Waals surface area contributed by atoms with Crippen LogP contribution in [0.15, 0.2) is 0 Å². The van der Waals surface area contributed by atoms with Gasteiger partial charge in [0.25, 0.3) is 0 Å². The molecule has 0 saturated carbocycles. The molecule has 6 N–H and O–H groups in total. The fraction of sp³-hybridized carbons (Fsp3) is 0.667. The van der Waals surface area contributed by atoms with Gasteiger partial charge in [0.2, 0.25) is 11.8 Å². The summed E-state index contributed by atoms with van der Waals surface area (Å²) in [5.74, 6) is -4.48. The zero-order valence-corrected chi connectivity index (χ0v) is 12.1. The first-order valence-corrected chi connectivity index (χ1v) is 6.37. The number of carboxylic acids is 2. The Bertz CT molecular complexity index is 421. The molecule has 3 unspecified atom stereocenters. The quantitative estimate of drug-likeness (QED) is 0.365. The second kappa shape index (κ2) is 8.20. The minimum atomic E-state index is -1.57. The van der Waals surface area contributed by atoms with Crippen LogP contribution in [0.2, 0.25) is 0 Å². The normalized spacial score (nSPS) is 14.9. The van der Waals surface area contributed by atoms with Crippen molar-refractivity contribution < 1.29 is 29.4 Å². The predicted octanol–water partition coefficient (Wildman–Crippen LogP) is -1.48. The fourth-order valence-electron chi connectivity index (χ4n) is 1.46. The Labute approximate surface area is 121 Å². The Morgan fingerprint density at radius 3 is 1.86 bits per heavy atom. The van der Waals surface area contributed by atoms with Crippen LogP contribution >= 0.6 is 0 Å². The Balaban J connectivity index is 4.92. The summed E-state index contributed by atoms with van der Waals surface area (Å²) >= 11 is 0. The monoisotopic (exact) mass is 303 g/mol. The first kappa shape index (κ1) is 18.8. The van der Waals surface area contributed by atoms with Gasteiger partial charge < -0.3 is 26.6 Å². The van der Waals surface area contributed by atoms with E-state index >= 15 is 0 Å². The van der Waals surface area contributed by atoms with Crippen molar-refractivity contribution in [2.75, 3.05) is 0 Å². The van der Waals surface area contributed by atoms with E-state index < -0.39 is 48.3 Å². The second-order valence-corrected chi connectivity index (χ2v) is 5.02. The number of carbonyl (C=O) groups is 4. The van der Waals surface area contributed by atoms with Crippen LogP contribution < -0.4 is 16.4 Å². The van der Waals surface area contributed by atoms with Crippen molar-refractivity contribution in [1.29, 1.82) is 0 Å². The first-order chi connectivity index (χ1) is 9.56. The van der Waals surface area contributed by atoms with Crippen molar-refractivity contribution in [2.45, 2.75) is 45.3 Å². The third-order valence-electron chi connectivity index (χ3n) is 2.65. The highest BCUT2D eigenvalue weighted by Gasteiger charge is 2.30. The van der Waals surface area contributed by atoms with E-state index in [0.717, 1.165) is 0 Å². The predicted molar refractivity (Wildman–Crippen MR) is 72.2 cm³/mol. The summed E-state index contributed by atoms with van der Waals surface area (Å²) in [6.45, 7) is 4.74. The Morgan fingerprint density at radius 1 is 1.00 bits per heavy atom. The van der Waals surface area contributed by atoms with E-state index in [-0.39, 0.29) is 5.92 Å². The number of carboxylic acid groups (broad SMARTS) is 2. The number of amides is 2. The van der Waals surface area contributed by atoms with Crippen molar-refractivity contribution in [2.24, 2.45) is 11.7 Å². The zero-order valence-electron chi connectivity index (χ0n) is 12.1. The molecule has 9 heteroatoms. The van der Waals surface area contributed by atoms with Crippen LogP contribution in [0.25, 0.3) is 0 Å². The van der Waals surface area contributed by atoms with Gasteiger partial charge >= 0.3 is 11.9 Å². The van der Waals surface area contributed by atoms with Crippen LogP contribution in [0.4, 0.5) is 0 Å². The van der Waals surface area contributed by atoms with Crippen molar-refractivity contribution in [3.8, 4) is 0 Å². The third-order valence-corrected chi connectivity index (χ3v) is 2.65. The molecule has 0 radical (unpaired) electrons. The number of rotatable bonds is 8. The molecule has 0 rings (SSSR count). The van der Waals surface area contributed by atoms with E-state index in [4.69, 9.17) is 15.9 Å². The number of carbonyl (C=O) groups excluding carboxylic acids is 2. The molecular weight excluding hydrogens is 282 g/mol. The lowest BCUT2D eigenvalue weighted by Gasteiger charge is -2.24. The van der Waals surface area contributed by atoms with Crippen molar-refractivity contribution in [3.05, 3.63) is 0 Å². The molecular formula is C12H21N3O6. The summed E-state index contributed by atoms with van der Waals surface area (Å²) in [6.07, 6.45) is -0.757. The van der Waals surface area contributed by atoms with Crippen LogP contribution in [0.5, 0.6) is 0 Å². The highest BCUT2D eigenvalue weighted by atomic mass is 16.4. The van der Waals surface area contributed by atoms with Crippen molar-refractivity contribution in [3.63, 3.8) is 0 Å². The molecule has 0 aliphatic rings. The molecule has 0 spiro atoms. The fourth-order valence-corrected chi connectivity index (χ4v) is 1.46. The molecule has 120 valence electrons. The Hall–Kier alpha value is -2.16. The average Bonchev–Trinajstić information content (AvgIpc) is 2.33. The highest BCUT2D eigenvalue weighted by molar-refractivity contribution is 5.92. The zero-order chi connectivity index (χ0) is 16.7. The summed E-state index contributed by atoms with van der Waals surface area (Å²) in [7, 11) is 0. The molecule has 3 atom stereocenters. The minimum absolute atomic E-state index is 0.327. The lowest BCUT2D eigenvalue weighted by molar-refractivity contribution is -0.147. The van der Waals surface area contributed by atoms with Gasteiger partial charge in [-0.1, -0.05) is 13.8 Å². The molecule has 0 heterocycles. The van der Waals surface area contributed by atoms with E-state index in [1.165, 1.54) is 6.92 Å². The van der Waals surface area contributed by atoms with E-state index in [1.54, 1.807) is 13.8 Å². The summed E-state index contributed by atoms with van der Waals surface area (Å²) in [5.41, 5.74) is 5.38. The maximum absolute atomic E-state index is 12.0. The average molecular weight is 303 g/mol. The van der Waals surface area contributed by atoms with Crippen LogP contribution in [-0.2, 0) is 19.2 Å². The summed E-state index contributed by atoms with van der Waals surface area (Å²) in [6, 6.07) is -3.39. The summed E-state index contributed by atoms with van der Waals surface area (Å²) in [5, 5.41) is 22.0. The van der Waals surface area contributed by atoms with Gasteiger partial charge in [-0.3, -0.25) is 14.4 Å². The highest BCUT2D eigenvalue weighted by Crippen LogP contribution is 2.04. The van der Waals surface area contributed by atoms with Crippen molar-refractivity contribution >= 4 is 23.8 Å². The number of hydrogen-bond acceptors (Lipinski definition) is 5. The Kier molecular flexibility index (Phi) is 7.36. The number of nitrogens with two attached hydrogens (primary N) is 1. The third kappa shape index (κ3) is 6.70. The van der Waals surface area contributed by atoms with E-state index in [2.05, 4.69) is 10.6 Å². The molecule has 0 aromatic heterocycles. The van der Waals surface area contributed by atoms with Crippen LogP contribution in [0, 0.1) is 5.92 Å². The van der Waals surface area contributed by atoms with Gasteiger partial charge in [0.05, 0.1) is 12.5 Å². The Morgan fingerprint density at radius 2 is 1.52 bits per heavy atom. The van der Waals surface area contributed by atoms with Crippen LogP contribution in [0.3, 0.4) is 0 Å². The molecule has 21 heavy (non-hydrogen) atoms. The molecule has 0 fully saturated rings. The smallest absolute Gasteiger partial charge is 0.326 e. The maximum atomic E-state index is 12.0. The SMILES string of the molecule is CC(N)C(=O)NC(C(=O)NC(CC(=O)O)C(=O)O)C(C)C. The van der Waals surface area contributed by atoms with E-state index in [0.29, 0.717) is 0 Å². The van der Waals surface area contributed by atoms with Gasteiger partial charge in [-0.2, -0.15) is 0 Å². The molecule has 0 aromatic carbocycles. The standard InChI is InChI=1S/C12H21N3O6/c1-5(2)9(15-10(18)6(3)13)11(19)14-7(12(20)21)4-8(16)17/h5-7,9H,4,13H2,1-3H3,(H,14,19)(H,15,18)(H,16,17)(H,20,21). The first-order valence-electron chi connectivity index (χ1n) is 6.37. The molecule has 0 bridgehead atoms. The number of nitrogens with one attached hydrogen (secondary N) is 2. The number of hydrogen-bond donors (Lipinski definition) is 5. The number of aliphatic carboxylic acids is 2. The van der Waals surface area contributed by atoms with Gasteiger partial charge in [0, 0.05) is 0 Å². The van der Waals surface area contributed by atoms with Crippen LogP contribution in [0.1, 0.15) is 27.2 Å². The maximum Gasteiger partial charge on any atom is 0.326 e. The topological polar surface area (TPSA) is 159 Å². The molecule has 0 aromatic rings.